The van der Waals surface area contributed by atoms with Crippen LogP contribution in [0.25, 0.3) is 0 Å². The Labute approximate surface area is 167 Å². The molecule has 1 aromatic carbocycles. The lowest BCUT2D eigenvalue weighted by atomic mass is 9.74. The first-order valence-electron chi connectivity index (χ1n) is 9.80. The normalized spacial score (nSPS) is 21.0. The maximum atomic E-state index is 6.26. The molecule has 150 valence electrons. The molecule has 0 unspecified atom stereocenters. The van der Waals surface area contributed by atoms with Gasteiger partial charge in [0.05, 0.1) is 13.2 Å². The number of aliphatic imine (C=N–C) groups is 1. The number of morpholine rings is 1. The van der Waals surface area contributed by atoms with Gasteiger partial charge in [-0.3, -0.25) is 9.89 Å². The number of benzene rings is 1. The lowest BCUT2D eigenvalue weighted by Gasteiger charge is -2.38. The van der Waals surface area contributed by atoms with Crippen molar-refractivity contribution in [1.29, 1.82) is 0 Å². The first-order valence-corrected chi connectivity index (χ1v) is 10.2. The van der Waals surface area contributed by atoms with Gasteiger partial charge in [0.25, 0.3) is 0 Å². The molecule has 0 aliphatic carbocycles. The molecule has 27 heavy (non-hydrogen) atoms. The van der Waals surface area contributed by atoms with Crippen molar-refractivity contribution in [3.63, 3.8) is 0 Å². The highest BCUT2D eigenvalue weighted by Crippen LogP contribution is 2.35. The van der Waals surface area contributed by atoms with Crippen LogP contribution in [0.15, 0.2) is 29.3 Å². The van der Waals surface area contributed by atoms with Crippen LogP contribution in [-0.4, -0.2) is 77.1 Å². The van der Waals surface area contributed by atoms with Gasteiger partial charge in [-0.15, -0.1) is 0 Å². The molecule has 0 atom stereocenters. The van der Waals surface area contributed by atoms with Crippen LogP contribution >= 0.6 is 11.6 Å². The molecule has 0 spiro atoms. The summed E-state index contributed by atoms with van der Waals surface area (Å²) in [5, 5.41) is 7.75. The lowest BCUT2D eigenvalue weighted by Crippen LogP contribution is -2.49. The fourth-order valence-electron chi connectivity index (χ4n) is 3.78. The van der Waals surface area contributed by atoms with Crippen molar-refractivity contribution in [2.75, 3.05) is 66.2 Å². The summed E-state index contributed by atoms with van der Waals surface area (Å²) in [6, 6.07) is 8.22. The van der Waals surface area contributed by atoms with Gasteiger partial charge >= 0.3 is 0 Å². The van der Waals surface area contributed by atoms with Gasteiger partial charge in [-0.2, -0.15) is 0 Å². The maximum Gasteiger partial charge on any atom is 0.191 e. The van der Waals surface area contributed by atoms with E-state index in [0.717, 1.165) is 83.0 Å². The highest BCUT2D eigenvalue weighted by Gasteiger charge is 2.34. The Hall–Kier alpha value is -1.34. The first-order chi connectivity index (χ1) is 13.2. The van der Waals surface area contributed by atoms with E-state index in [0.29, 0.717) is 0 Å². The molecule has 2 aliphatic heterocycles. The van der Waals surface area contributed by atoms with Gasteiger partial charge < -0.3 is 20.1 Å². The Morgan fingerprint density at radius 1 is 1.15 bits per heavy atom. The molecule has 0 aromatic heterocycles. The van der Waals surface area contributed by atoms with Crippen molar-refractivity contribution < 1.29 is 9.47 Å². The smallest absolute Gasteiger partial charge is 0.191 e. The highest BCUT2D eigenvalue weighted by molar-refractivity contribution is 6.30. The zero-order valence-electron chi connectivity index (χ0n) is 16.2. The molecule has 3 rings (SSSR count). The molecule has 0 bridgehead atoms. The molecule has 2 fully saturated rings. The fraction of sp³-hybridized carbons (Fsp3) is 0.650. The second-order valence-electron chi connectivity index (χ2n) is 7.21. The minimum absolute atomic E-state index is 0.0188. The van der Waals surface area contributed by atoms with E-state index in [4.69, 9.17) is 21.1 Å². The van der Waals surface area contributed by atoms with Crippen molar-refractivity contribution in [2.45, 2.75) is 18.3 Å². The van der Waals surface area contributed by atoms with Gasteiger partial charge in [0, 0.05) is 63.4 Å². The third-order valence-corrected chi connectivity index (χ3v) is 5.76. The molecule has 0 amide bonds. The number of guanidine groups is 1. The highest BCUT2D eigenvalue weighted by atomic mass is 35.5. The number of nitrogens with zero attached hydrogens (tertiary/aromatic N) is 2. The molecule has 6 nitrogen and oxygen atoms in total. The third kappa shape index (κ3) is 5.82. The van der Waals surface area contributed by atoms with E-state index in [-0.39, 0.29) is 5.41 Å². The van der Waals surface area contributed by atoms with Crippen molar-refractivity contribution in [1.82, 2.24) is 15.5 Å². The predicted molar refractivity (Wildman–Crippen MR) is 110 cm³/mol. The van der Waals surface area contributed by atoms with Crippen LogP contribution in [-0.2, 0) is 14.9 Å². The molecule has 0 radical (unpaired) electrons. The molecule has 0 saturated carbocycles. The van der Waals surface area contributed by atoms with Crippen LogP contribution in [0.5, 0.6) is 0 Å². The number of hydrogen-bond donors (Lipinski definition) is 2. The average Bonchev–Trinajstić information content (AvgIpc) is 2.72. The van der Waals surface area contributed by atoms with Crippen molar-refractivity contribution in [2.24, 2.45) is 4.99 Å². The molecule has 2 saturated heterocycles. The minimum Gasteiger partial charge on any atom is -0.381 e. The number of nitrogens with one attached hydrogen (secondary N) is 2. The van der Waals surface area contributed by atoms with Gasteiger partial charge in [0.2, 0.25) is 0 Å². The summed E-state index contributed by atoms with van der Waals surface area (Å²) in [5.74, 6) is 0.844. The SMILES string of the molecule is CN=C(NCCN1CCOCC1)NCC1(c2cccc(Cl)c2)CCOCC1. The van der Waals surface area contributed by atoms with E-state index in [1.165, 1.54) is 5.56 Å². The quantitative estimate of drug-likeness (QED) is 0.570. The van der Waals surface area contributed by atoms with Crippen LogP contribution in [0.2, 0.25) is 5.02 Å². The minimum atomic E-state index is 0.0188. The lowest BCUT2D eigenvalue weighted by molar-refractivity contribution is 0.0388. The van der Waals surface area contributed by atoms with Crippen molar-refractivity contribution in [3.05, 3.63) is 34.9 Å². The molecular weight excluding hydrogens is 364 g/mol. The first kappa shape index (κ1) is 20.4. The van der Waals surface area contributed by atoms with Crippen LogP contribution in [0.4, 0.5) is 0 Å². The Balaban J connectivity index is 1.55. The van der Waals surface area contributed by atoms with Gasteiger partial charge in [-0.1, -0.05) is 23.7 Å². The van der Waals surface area contributed by atoms with E-state index in [1.54, 1.807) is 0 Å². The number of halogens is 1. The van der Waals surface area contributed by atoms with Gasteiger partial charge in [0.15, 0.2) is 5.96 Å². The van der Waals surface area contributed by atoms with Crippen molar-refractivity contribution in [3.8, 4) is 0 Å². The van der Waals surface area contributed by atoms with E-state index in [9.17, 15) is 0 Å². The average molecular weight is 395 g/mol. The van der Waals surface area contributed by atoms with Crippen molar-refractivity contribution >= 4 is 17.6 Å². The van der Waals surface area contributed by atoms with Crippen LogP contribution in [0, 0.1) is 0 Å². The summed E-state index contributed by atoms with van der Waals surface area (Å²) in [7, 11) is 1.82. The largest absolute Gasteiger partial charge is 0.381 e. The molecular formula is C20H31ClN4O2. The zero-order chi connectivity index (χ0) is 19.0. The van der Waals surface area contributed by atoms with Crippen LogP contribution < -0.4 is 10.6 Å². The fourth-order valence-corrected chi connectivity index (χ4v) is 3.97. The van der Waals surface area contributed by atoms with E-state index < -0.39 is 0 Å². The summed E-state index contributed by atoms with van der Waals surface area (Å²) in [4.78, 5) is 6.80. The van der Waals surface area contributed by atoms with E-state index in [1.807, 2.05) is 19.2 Å². The molecule has 2 heterocycles. The second-order valence-corrected chi connectivity index (χ2v) is 7.65. The van der Waals surface area contributed by atoms with Gasteiger partial charge in [-0.25, -0.2) is 0 Å². The monoisotopic (exact) mass is 394 g/mol. The molecule has 2 N–H and O–H groups in total. The maximum absolute atomic E-state index is 6.26. The summed E-state index contributed by atoms with van der Waals surface area (Å²) in [6.07, 6.45) is 1.95. The number of rotatable bonds is 6. The number of hydrogen-bond acceptors (Lipinski definition) is 4. The predicted octanol–water partition coefficient (Wildman–Crippen LogP) is 1.89. The van der Waals surface area contributed by atoms with Crippen LogP contribution in [0.1, 0.15) is 18.4 Å². The third-order valence-electron chi connectivity index (χ3n) is 5.53. The number of ether oxygens (including phenoxy) is 2. The molecule has 1 aromatic rings. The summed E-state index contributed by atoms with van der Waals surface area (Å²) < 4.78 is 11.0. The van der Waals surface area contributed by atoms with E-state index in [2.05, 4.69) is 32.7 Å². The van der Waals surface area contributed by atoms with E-state index >= 15 is 0 Å². The Morgan fingerprint density at radius 2 is 1.89 bits per heavy atom. The van der Waals surface area contributed by atoms with Crippen LogP contribution in [0.3, 0.4) is 0 Å². The second kappa shape index (κ2) is 10.3. The zero-order valence-corrected chi connectivity index (χ0v) is 16.9. The topological polar surface area (TPSA) is 58.1 Å². The Bertz CT molecular complexity index is 614. The summed E-state index contributed by atoms with van der Waals surface area (Å²) in [5.41, 5.74) is 1.29. The Kier molecular flexibility index (Phi) is 7.76. The molecule has 7 heteroatoms. The van der Waals surface area contributed by atoms with Gasteiger partial charge in [-0.05, 0) is 30.5 Å². The summed E-state index contributed by atoms with van der Waals surface area (Å²) >= 11 is 6.26. The Morgan fingerprint density at radius 3 is 2.59 bits per heavy atom. The molecule has 2 aliphatic rings. The summed E-state index contributed by atoms with van der Waals surface area (Å²) in [6.45, 7) is 7.90. The standard InChI is InChI=1S/C20H31ClN4O2/c1-22-19(23-7-8-25-9-13-27-14-10-25)24-16-20(5-11-26-12-6-20)17-3-2-4-18(21)15-17/h2-4,15H,5-14,16H2,1H3,(H2,22,23,24). The van der Waals surface area contributed by atoms with Gasteiger partial charge in [0.1, 0.15) is 0 Å².